The number of rotatable bonds is 7. The summed E-state index contributed by atoms with van der Waals surface area (Å²) in [6, 6.07) is 0. The highest BCUT2D eigenvalue weighted by atomic mass is 15.1. The molecule has 90 valence electrons. The van der Waals surface area contributed by atoms with Crippen molar-refractivity contribution in [2.24, 2.45) is 4.99 Å². The molecule has 0 saturated heterocycles. The molecule has 0 spiro atoms. The molecule has 0 aromatic heterocycles. The first-order chi connectivity index (χ1) is 6.99. The van der Waals surface area contributed by atoms with Crippen LogP contribution in [0.3, 0.4) is 0 Å². The molecule has 0 heterocycles. The van der Waals surface area contributed by atoms with Crippen molar-refractivity contribution < 1.29 is 0 Å². The largest absolute Gasteiger partial charge is 0.363 e. The minimum atomic E-state index is 0.0523. The van der Waals surface area contributed by atoms with Crippen LogP contribution in [0.4, 0.5) is 0 Å². The van der Waals surface area contributed by atoms with E-state index < -0.39 is 0 Å². The Morgan fingerprint density at radius 1 is 1.00 bits per heavy atom. The summed E-state index contributed by atoms with van der Waals surface area (Å²) in [6.07, 6.45) is 7.09. The van der Waals surface area contributed by atoms with E-state index in [0.717, 1.165) is 13.1 Å². The van der Waals surface area contributed by atoms with Gasteiger partial charge in [0.15, 0.2) is 0 Å². The van der Waals surface area contributed by atoms with Crippen LogP contribution in [0.1, 0.15) is 60.3 Å². The van der Waals surface area contributed by atoms with Crippen molar-refractivity contribution in [1.29, 1.82) is 0 Å². The Morgan fingerprint density at radius 2 is 1.47 bits per heavy atom. The summed E-state index contributed by atoms with van der Waals surface area (Å²) >= 11 is 0. The zero-order valence-corrected chi connectivity index (χ0v) is 11.2. The molecule has 0 rings (SSSR count). The molecule has 0 unspecified atom stereocenters. The average Bonchev–Trinajstić information content (AvgIpc) is 2.15. The third-order valence-electron chi connectivity index (χ3n) is 2.21. The lowest BCUT2D eigenvalue weighted by atomic mass is 10.1. The molecule has 0 aliphatic rings. The summed E-state index contributed by atoms with van der Waals surface area (Å²) in [6.45, 7) is 13.2. The normalized spacial score (nSPS) is 12.3. The topological polar surface area (TPSA) is 15.6 Å². The minimum absolute atomic E-state index is 0.0523. The van der Waals surface area contributed by atoms with Gasteiger partial charge >= 0.3 is 0 Å². The van der Waals surface area contributed by atoms with Gasteiger partial charge in [0.05, 0.1) is 11.9 Å². The van der Waals surface area contributed by atoms with E-state index in [2.05, 4.69) is 44.5 Å². The van der Waals surface area contributed by atoms with Gasteiger partial charge in [-0.1, -0.05) is 26.7 Å². The predicted octanol–water partition coefficient (Wildman–Crippen LogP) is 3.72. The van der Waals surface area contributed by atoms with E-state index >= 15 is 0 Å². The lowest BCUT2D eigenvalue weighted by Gasteiger charge is -2.21. The maximum Gasteiger partial charge on any atom is 0.0856 e. The quantitative estimate of drug-likeness (QED) is 0.464. The predicted molar refractivity (Wildman–Crippen MR) is 69.6 cm³/mol. The van der Waals surface area contributed by atoms with E-state index in [4.69, 9.17) is 0 Å². The molecule has 0 aromatic carbocycles. The molecule has 0 N–H and O–H groups in total. The SMILES string of the molecule is CCCCN(C=NC(C)(C)C)CCCC. The van der Waals surface area contributed by atoms with Gasteiger partial charge in [0, 0.05) is 13.1 Å². The zero-order chi connectivity index (χ0) is 11.7. The van der Waals surface area contributed by atoms with Gasteiger partial charge in [-0.3, -0.25) is 4.99 Å². The van der Waals surface area contributed by atoms with Gasteiger partial charge in [-0.15, -0.1) is 0 Å². The Morgan fingerprint density at radius 3 is 1.80 bits per heavy atom. The molecule has 15 heavy (non-hydrogen) atoms. The highest BCUT2D eigenvalue weighted by Gasteiger charge is 2.06. The summed E-state index contributed by atoms with van der Waals surface area (Å²) < 4.78 is 0. The Balaban J connectivity index is 4.04. The van der Waals surface area contributed by atoms with Gasteiger partial charge in [0.2, 0.25) is 0 Å². The van der Waals surface area contributed by atoms with E-state index in [-0.39, 0.29) is 5.54 Å². The number of unbranched alkanes of at least 4 members (excludes halogenated alkanes) is 2. The van der Waals surface area contributed by atoms with Crippen molar-refractivity contribution in [2.45, 2.75) is 65.8 Å². The lowest BCUT2D eigenvalue weighted by molar-refractivity contribution is 0.402. The van der Waals surface area contributed by atoms with E-state index in [0.29, 0.717) is 0 Å². The average molecular weight is 212 g/mol. The highest BCUT2D eigenvalue weighted by Crippen LogP contribution is 2.06. The van der Waals surface area contributed by atoms with E-state index in [1.807, 2.05) is 6.34 Å². The Bertz CT molecular complexity index is 160. The molecule has 0 atom stereocenters. The van der Waals surface area contributed by atoms with Crippen LogP contribution in [0.2, 0.25) is 0 Å². The van der Waals surface area contributed by atoms with Crippen molar-refractivity contribution in [3.8, 4) is 0 Å². The van der Waals surface area contributed by atoms with Crippen molar-refractivity contribution in [3.63, 3.8) is 0 Å². The fourth-order valence-electron chi connectivity index (χ4n) is 1.20. The van der Waals surface area contributed by atoms with Crippen LogP contribution < -0.4 is 0 Å². The highest BCUT2D eigenvalue weighted by molar-refractivity contribution is 5.55. The van der Waals surface area contributed by atoms with Gasteiger partial charge in [0.1, 0.15) is 0 Å². The molecular weight excluding hydrogens is 184 g/mol. The van der Waals surface area contributed by atoms with Gasteiger partial charge in [0.25, 0.3) is 0 Å². The summed E-state index contributed by atoms with van der Waals surface area (Å²) in [5.74, 6) is 0. The molecule has 0 aliphatic carbocycles. The molecule has 2 nitrogen and oxygen atoms in total. The maximum atomic E-state index is 4.56. The summed E-state index contributed by atoms with van der Waals surface area (Å²) in [5, 5.41) is 0. The Kier molecular flexibility index (Phi) is 7.45. The van der Waals surface area contributed by atoms with Crippen LogP contribution in [0.5, 0.6) is 0 Å². The fraction of sp³-hybridized carbons (Fsp3) is 0.923. The molecule has 0 aliphatic heterocycles. The van der Waals surface area contributed by atoms with Gasteiger partial charge in [-0.2, -0.15) is 0 Å². The molecule has 0 amide bonds. The van der Waals surface area contributed by atoms with E-state index in [9.17, 15) is 0 Å². The Hall–Kier alpha value is -0.530. The van der Waals surface area contributed by atoms with Crippen molar-refractivity contribution >= 4 is 6.34 Å². The summed E-state index contributed by atoms with van der Waals surface area (Å²) in [7, 11) is 0. The molecule has 0 fully saturated rings. The van der Waals surface area contributed by atoms with Crippen LogP contribution in [0, 0.1) is 0 Å². The third kappa shape index (κ3) is 9.77. The van der Waals surface area contributed by atoms with Gasteiger partial charge < -0.3 is 4.90 Å². The van der Waals surface area contributed by atoms with Crippen LogP contribution in [-0.2, 0) is 0 Å². The molecule has 0 bridgehead atoms. The Labute approximate surface area is 95.8 Å². The first kappa shape index (κ1) is 14.5. The lowest BCUT2D eigenvalue weighted by Crippen LogP contribution is -2.26. The van der Waals surface area contributed by atoms with Crippen molar-refractivity contribution in [3.05, 3.63) is 0 Å². The number of nitrogens with zero attached hydrogens (tertiary/aromatic N) is 2. The minimum Gasteiger partial charge on any atom is -0.363 e. The second-order valence-corrected chi connectivity index (χ2v) is 5.16. The molecule has 0 saturated carbocycles. The van der Waals surface area contributed by atoms with Crippen molar-refractivity contribution in [2.75, 3.05) is 13.1 Å². The maximum absolute atomic E-state index is 4.56. The van der Waals surface area contributed by atoms with E-state index in [1.54, 1.807) is 0 Å². The van der Waals surface area contributed by atoms with Gasteiger partial charge in [-0.25, -0.2) is 0 Å². The van der Waals surface area contributed by atoms with Gasteiger partial charge in [-0.05, 0) is 33.6 Å². The van der Waals surface area contributed by atoms with Crippen molar-refractivity contribution in [1.82, 2.24) is 4.90 Å². The first-order valence-corrected chi connectivity index (χ1v) is 6.29. The second-order valence-electron chi connectivity index (χ2n) is 5.16. The number of aliphatic imine (C=N–C) groups is 1. The smallest absolute Gasteiger partial charge is 0.0856 e. The summed E-state index contributed by atoms with van der Waals surface area (Å²) in [4.78, 5) is 6.92. The fourth-order valence-corrected chi connectivity index (χ4v) is 1.20. The molecular formula is C13H28N2. The van der Waals surface area contributed by atoms with Crippen LogP contribution in [0.25, 0.3) is 0 Å². The number of hydrogen-bond acceptors (Lipinski definition) is 1. The molecule has 0 radical (unpaired) electrons. The van der Waals surface area contributed by atoms with E-state index in [1.165, 1.54) is 25.7 Å². The second kappa shape index (κ2) is 7.72. The third-order valence-corrected chi connectivity index (χ3v) is 2.21. The van der Waals surface area contributed by atoms with Crippen LogP contribution in [0.15, 0.2) is 4.99 Å². The first-order valence-electron chi connectivity index (χ1n) is 6.29. The van der Waals surface area contributed by atoms with Crippen LogP contribution in [-0.4, -0.2) is 29.9 Å². The summed E-state index contributed by atoms with van der Waals surface area (Å²) in [5.41, 5.74) is 0.0523. The standard InChI is InChI=1S/C13H28N2/c1-6-8-10-15(11-9-7-2)12-14-13(3,4)5/h12H,6-11H2,1-5H3. The number of hydrogen-bond donors (Lipinski definition) is 0. The molecule has 0 aromatic rings. The molecule has 2 heteroatoms. The monoisotopic (exact) mass is 212 g/mol. The van der Waals surface area contributed by atoms with Crippen LogP contribution >= 0.6 is 0 Å². The zero-order valence-electron chi connectivity index (χ0n) is 11.2.